The van der Waals surface area contributed by atoms with Gasteiger partial charge in [0.2, 0.25) is 0 Å². The van der Waals surface area contributed by atoms with E-state index in [1.54, 1.807) is 12.1 Å². The van der Waals surface area contributed by atoms with Gasteiger partial charge in [0.05, 0.1) is 12.6 Å². The third kappa shape index (κ3) is 8.72. The maximum atomic E-state index is 12.1. The summed E-state index contributed by atoms with van der Waals surface area (Å²) in [6.07, 6.45) is 1.04. The molecule has 4 N–H and O–H groups in total. The van der Waals surface area contributed by atoms with E-state index in [9.17, 15) is 4.79 Å². The van der Waals surface area contributed by atoms with Crippen molar-refractivity contribution in [2.24, 2.45) is 10.7 Å². The number of nitrogens with one attached hydrogen (secondary N) is 2. The highest BCUT2D eigenvalue weighted by molar-refractivity contribution is 14.0. The van der Waals surface area contributed by atoms with Crippen LogP contribution in [0, 0.1) is 0 Å². The number of amides is 1. The van der Waals surface area contributed by atoms with Crippen LogP contribution >= 0.6 is 24.0 Å². The molecule has 0 aliphatic rings. The summed E-state index contributed by atoms with van der Waals surface area (Å²) in [5, 5.41) is 6.01. The van der Waals surface area contributed by atoms with E-state index in [0.29, 0.717) is 18.1 Å². The Balaban J connectivity index is 0.00000420. The van der Waals surface area contributed by atoms with Crippen LogP contribution in [0.4, 0.5) is 5.69 Å². The normalized spacial score (nSPS) is 12.1. The molecule has 0 aromatic heterocycles. The molecule has 0 aliphatic heterocycles. The maximum Gasteiger partial charge on any atom is 0.251 e. The average Bonchev–Trinajstić information content (AvgIpc) is 2.67. The highest BCUT2D eigenvalue weighted by Crippen LogP contribution is 2.16. The Morgan fingerprint density at radius 3 is 2.24 bits per heavy atom. The van der Waals surface area contributed by atoms with Gasteiger partial charge in [-0.2, -0.15) is 0 Å². The van der Waals surface area contributed by atoms with Gasteiger partial charge in [0.25, 0.3) is 5.91 Å². The molecule has 0 bridgehead atoms. The second-order valence-corrected chi connectivity index (χ2v) is 7.00. The van der Waals surface area contributed by atoms with Crippen molar-refractivity contribution >= 4 is 41.5 Å². The van der Waals surface area contributed by atoms with E-state index >= 15 is 0 Å². The number of hydrogen-bond donors (Lipinski definition) is 3. The minimum Gasteiger partial charge on any atom is -0.491 e. The Hall–Kier alpha value is -2.29. The zero-order valence-electron chi connectivity index (χ0n) is 17.4. The maximum absolute atomic E-state index is 12.1. The summed E-state index contributed by atoms with van der Waals surface area (Å²) >= 11 is 0. The fraction of sp³-hybridized carbons (Fsp3) is 0.364. The number of rotatable bonds is 8. The number of carbonyl (C=O) groups excluding carboxylic acids is 1. The van der Waals surface area contributed by atoms with Gasteiger partial charge in [-0.1, -0.05) is 19.1 Å². The number of benzene rings is 2. The lowest BCUT2D eigenvalue weighted by molar-refractivity contribution is 0.0939. The molecule has 29 heavy (non-hydrogen) atoms. The van der Waals surface area contributed by atoms with Crippen LogP contribution in [0.2, 0.25) is 0 Å². The van der Waals surface area contributed by atoms with E-state index in [-0.39, 0.29) is 42.0 Å². The first kappa shape index (κ1) is 24.7. The van der Waals surface area contributed by atoms with Gasteiger partial charge >= 0.3 is 0 Å². The third-order valence-corrected chi connectivity index (χ3v) is 4.14. The molecule has 2 aromatic rings. The van der Waals surface area contributed by atoms with Gasteiger partial charge in [-0.25, -0.2) is 4.99 Å². The standard InChI is InChI=1S/C22H30N4O2.HI/c1-5-16(4)25-21(27)18-8-6-17(7-9-18)14-24-22(23)26-19-10-12-20(13-11-19)28-15(2)3;/h6-13,15-16H,5,14H2,1-4H3,(H,25,27)(H3,23,24,26);1H. The SMILES string of the molecule is CCC(C)NC(=O)c1ccc(CN=C(N)Nc2ccc(OC(C)C)cc2)cc1.I. The fourth-order valence-corrected chi connectivity index (χ4v) is 2.42. The Bertz CT molecular complexity index is 789. The van der Waals surface area contributed by atoms with Crippen LogP contribution in [0.15, 0.2) is 53.5 Å². The van der Waals surface area contributed by atoms with Crippen molar-refractivity contribution in [2.45, 2.75) is 52.8 Å². The second kappa shape index (κ2) is 12.3. The monoisotopic (exact) mass is 510 g/mol. The van der Waals surface area contributed by atoms with Crippen molar-refractivity contribution in [2.75, 3.05) is 5.32 Å². The molecular formula is C22H31IN4O2. The number of carbonyl (C=O) groups is 1. The Labute approximate surface area is 190 Å². The van der Waals surface area contributed by atoms with Gasteiger partial charge in [-0.15, -0.1) is 24.0 Å². The van der Waals surface area contributed by atoms with Gasteiger partial charge in [0.15, 0.2) is 5.96 Å². The van der Waals surface area contributed by atoms with Crippen LogP contribution in [0.1, 0.15) is 50.0 Å². The second-order valence-electron chi connectivity index (χ2n) is 7.00. The van der Waals surface area contributed by atoms with Gasteiger partial charge < -0.3 is 21.1 Å². The molecule has 1 unspecified atom stereocenters. The van der Waals surface area contributed by atoms with Crippen LogP contribution in [-0.2, 0) is 6.54 Å². The zero-order chi connectivity index (χ0) is 20.5. The summed E-state index contributed by atoms with van der Waals surface area (Å²) < 4.78 is 5.62. The van der Waals surface area contributed by atoms with Crippen LogP contribution < -0.4 is 21.1 Å². The summed E-state index contributed by atoms with van der Waals surface area (Å²) in [4.78, 5) is 16.4. The van der Waals surface area contributed by atoms with Crippen molar-refractivity contribution in [3.05, 3.63) is 59.7 Å². The fourth-order valence-electron chi connectivity index (χ4n) is 2.42. The number of nitrogens with two attached hydrogens (primary N) is 1. The molecule has 0 aliphatic carbocycles. The molecule has 0 spiro atoms. The first-order valence-electron chi connectivity index (χ1n) is 9.60. The number of hydrogen-bond acceptors (Lipinski definition) is 3. The Morgan fingerprint density at radius 2 is 1.69 bits per heavy atom. The summed E-state index contributed by atoms with van der Waals surface area (Å²) in [5.74, 6) is 1.08. The number of anilines is 1. The van der Waals surface area contributed by atoms with Crippen molar-refractivity contribution in [1.29, 1.82) is 0 Å². The van der Waals surface area contributed by atoms with Crippen molar-refractivity contribution in [3.8, 4) is 5.75 Å². The predicted octanol–water partition coefficient (Wildman–Crippen LogP) is 4.55. The summed E-state index contributed by atoms with van der Waals surface area (Å²) in [6, 6.07) is 15.1. The van der Waals surface area contributed by atoms with Crippen molar-refractivity contribution < 1.29 is 9.53 Å². The first-order chi connectivity index (χ1) is 13.4. The zero-order valence-corrected chi connectivity index (χ0v) is 19.8. The molecule has 1 atom stereocenters. The van der Waals surface area contributed by atoms with Crippen LogP contribution in [-0.4, -0.2) is 24.0 Å². The van der Waals surface area contributed by atoms with Crippen LogP contribution in [0.5, 0.6) is 5.75 Å². The molecule has 0 radical (unpaired) electrons. The third-order valence-electron chi connectivity index (χ3n) is 4.14. The number of guanidine groups is 1. The lowest BCUT2D eigenvalue weighted by atomic mass is 10.1. The highest BCUT2D eigenvalue weighted by atomic mass is 127. The molecule has 0 saturated carbocycles. The summed E-state index contributed by atoms with van der Waals surface area (Å²) in [7, 11) is 0. The molecule has 0 saturated heterocycles. The summed E-state index contributed by atoms with van der Waals surface area (Å²) in [5.41, 5.74) is 8.43. The minimum absolute atomic E-state index is 0. The molecular weight excluding hydrogens is 479 g/mol. The van der Waals surface area contributed by atoms with Gasteiger partial charge in [0.1, 0.15) is 5.75 Å². The number of ether oxygens (including phenoxy) is 1. The largest absolute Gasteiger partial charge is 0.491 e. The van der Waals surface area contributed by atoms with Crippen LogP contribution in [0.3, 0.4) is 0 Å². The minimum atomic E-state index is -0.0597. The average molecular weight is 510 g/mol. The lowest BCUT2D eigenvalue weighted by Gasteiger charge is -2.11. The first-order valence-corrected chi connectivity index (χ1v) is 9.60. The van der Waals surface area contributed by atoms with E-state index in [0.717, 1.165) is 23.4 Å². The van der Waals surface area contributed by atoms with E-state index < -0.39 is 0 Å². The smallest absolute Gasteiger partial charge is 0.251 e. The van der Waals surface area contributed by atoms with Gasteiger partial charge in [0, 0.05) is 17.3 Å². The number of halogens is 1. The molecule has 0 heterocycles. The Kier molecular flexibility index (Phi) is 10.5. The van der Waals surface area contributed by atoms with E-state index in [2.05, 4.69) is 15.6 Å². The molecule has 0 fully saturated rings. The molecule has 1 amide bonds. The molecule has 2 rings (SSSR count). The van der Waals surface area contributed by atoms with Crippen LogP contribution in [0.25, 0.3) is 0 Å². The molecule has 7 heteroatoms. The lowest BCUT2D eigenvalue weighted by Crippen LogP contribution is -2.31. The van der Waals surface area contributed by atoms with E-state index in [1.807, 2.05) is 64.1 Å². The predicted molar refractivity (Wildman–Crippen MR) is 130 cm³/mol. The van der Waals surface area contributed by atoms with Crippen molar-refractivity contribution in [3.63, 3.8) is 0 Å². The summed E-state index contributed by atoms with van der Waals surface area (Å²) in [6.45, 7) is 8.43. The molecule has 2 aromatic carbocycles. The van der Waals surface area contributed by atoms with Gasteiger partial charge in [-0.05, 0) is 69.2 Å². The Morgan fingerprint density at radius 1 is 1.07 bits per heavy atom. The highest BCUT2D eigenvalue weighted by Gasteiger charge is 2.08. The number of aliphatic imine (C=N–C) groups is 1. The number of nitrogens with zero attached hydrogens (tertiary/aromatic N) is 1. The quantitative estimate of drug-likeness (QED) is 0.276. The molecule has 6 nitrogen and oxygen atoms in total. The molecule has 158 valence electrons. The van der Waals surface area contributed by atoms with E-state index in [4.69, 9.17) is 10.5 Å². The van der Waals surface area contributed by atoms with Gasteiger partial charge in [-0.3, -0.25) is 4.79 Å². The van der Waals surface area contributed by atoms with E-state index in [1.165, 1.54) is 0 Å². The van der Waals surface area contributed by atoms with Crippen molar-refractivity contribution in [1.82, 2.24) is 5.32 Å². The topological polar surface area (TPSA) is 88.7 Å².